The van der Waals surface area contributed by atoms with Crippen LogP contribution >= 0.6 is 11.6 Å². The van der Waals surface area contributed by atoms with Crippen molar-refractivity contribution in [2.45, 2.75) is 32.8 Å². The van der Waals surface area contributed by atoms with E-state index in [9.17, 15) is 22.0 Å². The standard InChI is InChI=1S/C19H19ClF2N4O5S/c1-19(2,3)31-18(27)26(15-8-13(21)11(9-23)7-14(15)22)17-12(16(20)24-10-25-17)5-6-30-32(4,28)29/h7-8,10H,5-6H2,1-4H3. The van der Waals surface area contributed by atoms with Crippen LogP contribution in [0.15, 0.2) is 18.5 Å². The molecule has 0 saturated carbocycles. The van der Waals surface area contributed by atoms with Crippen molar-refractivity contribution in [3.8, 4) is 6.07 Å². The van der Waals surface area contributed by atoms with Gasteiger partial charge in [0.05, 0.1) is 24.1 Å². The zero-order chi connectivity index (χ0) is 24.3. The number of halogens is 3. The number of ether oxygens (including phenoxy) is 1. The Kier molecular flexibility index (Phi) is 7.71. The first-order chi connectivity index (χ1) is 14.7. The summed E-state index contributed by atoms with van der Waals surface area (Å²) in [6, 6.07) is 2.77. The predicted octanol–water partition coefficient (Wildman–Crippen LogP) is 3.87. The summed E-state index contributed by atoms with van der Waals surface area (Å²) in [5.74, 6) is -2.47. The van der Waals surface area contributed by atoms with E-state index in [1.807, 2.05) is 0 Å². The lowest BCUT2D eigenvalue weighted by Gasteiger charge is -2.28. The second-order valence-electron chi connectivity index (χ2n) is 7.45. The minimum Gasteiger partial charge on any atom is -0.443 e. The molecule has 0 aliphatic carbocycles. The van der Waals surface area contributed by atoms with E-state index < -0.39 is 44.7 Å². The molecule has 172 valence electrons. The summed E-state index contributed by atoms with van der Waals surface area (Å²) in [6.45, 7) is 4.30. The molecule has 0 aliphatic rings. The lowest BCUT2D eigenvalue weighted by atomic mass is 10.1. The highest BCUT2D eigenvalue weighted by Crippen LogP contribution is 2.34. The summed E-state index contributed by atoms with van der Waals surface area (Å²) < 4.78 is 61.7. The second-order valence-corrected chi connectivity index (χ2v) is 9.46. The number of benzene rings is 1. The van der Waals surface area contributed by atoms with Gasteiger partial charge in [-0.3, -0.25) is 4.18 Å². The Hall–Kier alpha value is -2.88. The molecule has 0 atom stereocenters. The third-order valence-electron chi connectivity index (χ3n) is 3.71. The molecule has 0 N–H and O–H groups in total. The quantitative estimate of drug-likeness (QED) is 0.443. The van der Waals surface area contributed by atoms with Crippen molar-refractivity contribution in [2.24, 2.45) is 0 Å². The molecule has 32 heavy (non-hydrogen) atoms. The van der Waals surface area contributed by atoms with Gasteiger partial charge in [0.1, 0.15) is 34.8 Å². The molecule has 1 amide bonds. The van der Waals surface area contributed by atoms with Crippen molar-refractivity contribution < 1.29 is 30.9 Å². The van der Waals surface area contributed by atoms with E-state index in [4.69, 9.17) is 25.8 Å². The van der Waals surface area contributed by atoms with Crippen LogP contribution in [-0.4, -0.2) is 42.9 Å². The molecule has 2 aromatic rings. The minimum atomic E-state index is -3.78. The van der Waals surface area contributed by atoms with E-state index in [1.165, 1.54) is 6.07 Å². The van der Waals surface area contributed by atoms with E-state index in [1.54, 1.807) is 20.8 Å². The van der Waals surface area contributed by atoms with Crippen molar-refractivity contribution >= 4 is 39.3 Å². The molecule has 0 unspecified atom stereocenters. The fraction of sp³-hybridized carbons (Fsp3) is 0.368. The van der Waals surface area contributed by atoms with Gasteiger partial charge in [-0.2, -0.15) is 13.7 Å². The van der Waals surface area contributed by atoms with Gasteiger partial charge in [-0.1, -0.05) is 11.6 Å². The van der Waals surface area contributed by atoms with E-state index in [0.717, 1.165) is 12.6 Å². The maximum Gasteiger partial charge on any atom is 0.420 e. The van der Waals surface area contributed by atoms with Crippen LogP contribution in [0, 0.1) is 23.0 Å². The Labute approximate surface area is 188 Å². The summed E-state index contributed by atoms with van der Waals surface area (Å²) in [5.41, 5.74) is -2.17. The van der Waals surface area contributed by atoms with E-state index in [0.29, 0.717) is 17.0 Å². The summed E-state index contributed by atoms with van der Waals surface area (Å²) in [7, 11) is -3.78. The first kappa shape index (κ1) is 25.4. The second kappa shape index (κ2) is 9.72. The number of nitrogens with zero attached hydrogens (tertiary/aromatic N) is 4. The van der Waals surface area contributed by atoms with Crippen LogP contribution in [0.1, 0.15) is 31.9 Å². The molecule has 1 heterocycles. The number of carbonyl (C=O) groups is 1. The molecule has 0 aliphatic heterocycles. The molecular weight excluding hydrogens is 470 g/mol. The fourth-order valence-electron chi connectivity index (χ4n) is 2.48. The molecule has 13 heteroatoms. The SMILES string of the molecule is CC(C)(C)OC(=O)N(c1cc(F)c(C#N)cc1F)c1ncnc(Cl)c1CCOS(C)(=O)=O. The van der Waals surface area contributed by atoms with Crippen molar-refractivity contribution in [1.29, 1.82) is 5.26 Å². The summed E-state index contributed by atoms with van der Waals surface area (Å²) in [4.78, 5) is 21.4. The van der Waals surface area contributed by atoms with Crippen LogP contribution in [0.4, 0.5) is 25.1 Å². The number of hydrogen-bond donors (Lipinski definition) is 0. The highest BCUT2D eigenvalue weighted by molar-refractivity contribution is 7.85. The fourth-order valence-corrected chi connectivity index (χ4v) is 3.09. The first-order valence-electron chi connectivity index (χ1n) is 8.99. The molecule has 9 nitrogen and oxygen atoms in total. The average molecular weight is 489 g/mol. The smallest absolute Gasteiger partial charge is 0.420 e. The van der Waals surface area contributed by atoms with Gasteiger partial charge < -0.3 is 4.74 Å². The number of aromatic nitrogens is 2. The zero-order valence-electron chi connectivity index (χ0n) is 17.5. The Balaban J connectivity index is 2.67. The van der Waals surface area contributed by atoms with Gasteiger partial charge in [-0.25, -0.2) is 28.4 Å². The molecule has 0 fully saturated rings. The van der Waals surface area contributed by atoms with Gasteiger partial charge in [-0.15, -0.1) is 0 Å². The molecule has 1 aromatic carbocycles. The molecule has 2 rings (SSSR count). The van der Waals surface area contributed by atoms with Gasteiger partial charge in [0.25, 0.3) is 10.1 Å². The van der Waals surface area contributed by atoms with Crippen LogP contribution in [0.5, 0.6) is 0 Å². The summed E-state index contributed by atoms with van der Waals surface area (Å²) in [5, 5.41) is 8.76. The minimum absolute atomic E-state index is 0.0212. The Morgan fingerprint density at radius 2 is 1.91 bits per heavy atom. The normalized spacial score (nSPS) is 11.7. The Morgan fingerprint density at radius 3 is 2.47 bits per heavy atom. The van der Waals surface area contributed by atoms with E-state index in [2.05, 4.69) is 9.97 Å². The molecule has 0 radical (unpaired) electrons. The zero-order valence-corrected chi connectivity index (χ0v) is 19.1. The summed E-state index contributed by atoms with van der Waals surface area (Å²) in [6.07, 6.45) is 0.509. The van der Waals surface area contributed by atoms with Crippen molar-refractivity contribution in [3.63, 3.8) is 0 Å². The number of nitriles is 1. The van der Waals surface area contributed by atoms with Gasteiger partial charge in [-0.05, 0) is 26.8 Å². The van der Waals surface area contributed by atoms with Crippen LogP contribution in [0.25, 0.3) is 0 Å². The molecule has 0 bridgehead atoms. The predicted molar refractivity (Wildman–Crippen MR) is 111 cm³/mol. The molecule has 0 saturated heterocycles. The van der Waals surface area contributed by atoms with Crippen molar-refractivity contribution in [3.05, 3.63) is 46.4 Å². The van der Waals surface area contributed by atoms with Crippen LogP contribution < -0.4 is 4.90 Å². The Bertz CT molecular complexity index is 1180. The maximum absolute atomic E-state index is 14.8. The number of carbonyl (C=O) groups excluding carboxylic acids is 1. The summed E-state index contributed by atoms with van der Waals surface area (Å²) >= 11 is 6.12. The lowest BCUT2D eigenvalue weighted by molar-refractivity contribution is 0.0596. The number of hydrogen-bond acceptors (Lipinski definition) is 8. The van der Waals surface area contributed by atoms with Crippen LogP contribution in [-0.2, 0) is 25.5 Å². The number of anilines is 2. The topological polar surface area (TPSA) is 122 Å². The van der Waals surface area contributed by atoms with Gasteiger partial charge in [0.2, 0.25) is 0 Å². The highest BCUT2D eigenvalue weighted by atomic mass is 35.5. The van der Waals surface area contributed by atoms with Gasteiger partial charge in [0, 0.05) is 18.1 Å². The third kappa shape index (κ3) is 6.56. The lowest BCUT2D eigenvalue weighted by Crippen LogP contribution is -2.35. The molecular formula is C19H19ClF2N4O5S. The number of amides is 1. The molecule has 0 spiro atoms. The number of rotatable bonds is 6. The van der Waals surface area contributed by atoms with Crippen LogP contribution in [0.3, 0.4) is 0 Å². The monoisotopic (exact) mass is 488 g/mol. The van der Waals surface area contributed by atoms with Gasteiger partial charge >= 0.3 is 6.09 Å². The highest BCUT2D eigenvalue weighted by Gasteiger charge is 2.31. The van der Waals surface area contributed by atoms with Gasteiger partial charge in [0.15, 0.2) is 5.82 Å². The van der Waals surface area contributed by atoms with E-state index >= 15 is 0 Å². The van der Waals surface area contributed by atoms with Crippen molar-refractivity contribution in [2.75, 3.05) is 17.8 Å². The van der Waals surface area contributed by atoms with E-state index in [-0.39, 0.29) is 29.6 Å². The average Bonchev–Trinajstić information content (AvgIpc) is 2.64. The van der Waals surface area contributed by atoms with Crippen molar-refractivity contribution in [1.82, 2.24) is 9.97 Å². The Morgan fingerprint density at radius 1 is 1.25 bits per heavy atom. The van der Waals surface area contributed by atoms with Crippen LogP contribution in [0.2, 0.25) is 5.15 Å². The largest absolute Gasteiger partial charge is 0.443 e. The first-order valence-corrected chi connectivity index (χ1v) is 11.2. The third-order valence-corrected chi connectivity index (χ3v) is 4.63. The molecule has 1 aromatic heterocycles. The maximum atomic E-state index is 14.8.